The highest BCUT2D eigenvalue weighted by atomic mass is 32.2. The molecule has 8 heteroatoms. The molecule has 7 nitrogen and oxygen atoms in total. The molecule has 0 aliphatic rings. The van der Waals surface area contributed by atoms with Gasteiger partial charge in [-0.1, -0.05) is 23.9 Å². The van der Waals surface area contributed by atoms with Crippen molar-refractivity contribution in [1.82, 2.24) is 20.2 Å². The zero-order valence-electron chi connectivity index (χ0n) is 15.9. The molecule has 0 spiro atoms. The van der Waals surface area contributed by atoms with Crippen LogP contribution in [0, 0.1) is 0 Å². The smallest absolute Gasteiger partial charge is 0.321 e. The van der Waals surface area contributed by atoms with Crippen LogP contribution >= 0.6 is 11.8 Å². The number of fused-ring (bicyclic) bond motifs is 1. The number of benzene rings is 2. The Morgan fingerprint density at radius 3 is 2.54 bits per heavy atom. The number of carbonyl (C=O) groups is 2. The van der Waals surface area contributed by atoms with E-state index in [-0.39, 0.29) is 17.7 Å². The first kappa shape index (κ1) is 19.8. The number of aromatic nitrogens is 2. The number of imidazole rings is 1. The monoisotopic (exact) mass is 398 g/mol. The normalized spacial score (nSPS) is 10.9. The van der Waals surface area contributed by atoms with E-state index in [1.54, 1.807) is 7.11 Å². The van der Waals surface area contributed by atoms with E-state index >= 15 is 0 Å². The third-order valence-corrected chi connectivity index (χ3v) is 4.80. The Labute approximate surface area is 167 Å². The lowest BCUT2D eigenvalue weighted by Crippen LogP contribution is -2.43. The quantitative estimate of drug-likeness (QED) is 0.622. The number of imide groups is 1. The molecule has 1 aromatic heterocycles. The van der Waals surface area contributed by atoms with E-state index in [0.717, 1.165) is 22.5 Å². The fourth-order valence-electron chi connectivity index (χ4n) is 2.67. The third kappa shape index (κ3) is 4.64. The van der Waals surface area contributed by atoms with Crippen LogP contribution < -0.4 is 15.4 Å². The minimum absolute atomic E-state index is 0.0419. The molecule has 0 unspecified atom stereocenters. The van der Waals surface area contributed by atoms with E-state index in [4.69, 9.17) is 4.74 Å². The maximum Gasteiger partial charge on any atom is 0.321 e. The molecule has 3 rings (SSSR count). The predicted octanol–water partition coefficient (Wildman–Crippen LogP) is 3.36. The van der Waals surface area contributed by atoms with Crippen molar-refractivity contribution in [2.75, 3.05) is 12.9 Å². The van der Waals surface area contributed by atoms with Gasteiger partial charge in [0, 0.05) is 11.7 Å². The molecule has 1 heterocycles. The van der Waals surface area contributed by atoms with Crippen LogP contribution in [-0.4, -0.2) is 40.4 Å². The molecular formula is C20H22N4O3S. The molecule has 3 aromatic rings. The van der Waals surface area contributed by atoms with Gasteiger partial charge in [-0.15, -0.1) is 0 Å². The number of nitrogens with one attached hydrogen (secondary N) is 2. The number of thioether (sulfide) groups is 1. The summed E-state index contributed by atoms with van der Waals surface area (Å²) in [5.41, 5.74) is 2.68. The first-order valence-electron chi connectivity index (χ1n) is 8.83. The van der Waals surface area contributed by atoms with Gasteiger partial charge >= 0.3 is 6.03 Å². The molecule has 2 N–H and O–H groups in total. The lowest BCUT2D eigenvalue weighted by Gasteiger charge is -2.11. The van der Waals surface area contributed by atoms with Gasteiger partial charge in [-0.05, 0) is 50.2 Å². The predicted molar refractivity (Wildman–Crippen MR) is 110 cm³/mol. The minimum atomic E-state index is -0.496. The number of urea groups is 1. The number of ether oxygens (including phenoxy) is 1. The molecule has 0 fully saturated rings. The van der Waals surface area contributed by atoms with Crippen molar-refractivity contribution < 1.29 is 14.3 Å². The maximum atomic E-state index is 12.1. The number of nitrogens with zero attached hydrogens (tertiary/aromatic N) is 2. The van der Waals surface area contributed by atoms with Crippen LogP contribution in [0.5, 0.6) is 5.75 Å². The van der Waals surface area contributed by atoms with Crippen molar-refractivity contribution in [2.24, 2.45) is 0 Å². The van der Waals surface area contributed by atoms with Crippen LogP contribution in [0.2, 0.25) is 0 Å². The van der Waals surface area contributed by atoms with E-state index < -0.39 is 6.03 Å². The zero-order chi connectivity index (χ0) is 20.1. The summed E-state index contributed by atoms with van der Waals surface area (Å²) in [5, 5.41) is 5.63. The summed E-state index contributed by atoms with van der Waals surface area (Å²) in [4.78, 5) is 28.4. The van der Waals surface area contributed by atoms with Crippen molar-refractivity contribution in [2.45, 2.75) is 25.0 Å². The Balaban J connectivity index is 1.82. The van der Waals surface area contributed by atoms with Crippen molar-refractivity contribution in [3.63, 3.8) is 0 Å². The van der Waals surface area contributed by atoms with Crippen LogP contribution in [0.1, 0.15) is 13.8 Å². The van der Waals surface area contributed by atoms with E-state index in [1.807, 2.05) is 66.9 Å². The Hall–Kier alpha value is -3.00. The molecule has 0 saturated heterocycles. The minimum Gasteiger partial charge on any atom is -0.497 e. The molecule has 2 aromatic carbocycles. The Bertz CT molecular complexity index is 983. The zero-order valence-corrected chi connectivity index (χ0v) is 16.7. The molecule has 28 heavy (non-hydrogen) atoms. The fourth-order valence-corrected chi connectivity index (χ4v) is 3.50. The molecule has 0 bridgehead atoms. The average molecular weight is 398 g/mol. The van der Waals surface area contributed by atoms with Crippen molar-refractivity contribution in [1.29, 1.82) is 0 Å². The van der Waals surface area contributed by atoms with Gasteiger partial charge in [0.1, 0.15) is 5.75 Å². The molecule has 0 atom stereocenters. The van der Waals surface area contributed by atoms with Gasteiger partial charge < -0.3 is 10.1 Å². The van der Waals surface area contributed by atoms with Crippen LogP contribution in [-0.2, 0) is 4.79 Å². The van der Waals surface area contributed by atoms with Crippen LogP contribution in [0.15, 0.2) is 53.7 Å². The summed E-state index contributed by atoms with van der Waals surface area (Å²) >= 11 is 1.28. The molecule has 0 saturated carbocycles. The fraction of sp³-hybridized carbons (Fsp3) is 0.250. The third-order valence-electron chi connectivity index (χ3n) is 3.87. The summed E-state index contributed by atoms with van der Waals surface area (Å²) in [6, 6.07) is 14.9. The van der Waals surface area contributed by atoms with Crippen molar-refractivity contribution >= 4 is 34.7 Å². The van der Waals surface area contributed by atoms with E-state index in [1.165, 1.54) is 11.8 Å². The van der Waals surface area contributed by atoms with Gasteiger partial charge in [-0.25, -0.2) is 9.78 Å². The average Bonchev–Trinajstić information content (AvgIpc) is 3.04. The second kappa shape index (κ2) is 8.79. The standard InChI is InChI=1S/C20H22N4O3S/c1-13(2)21-19(26)23-18(25)12-28-20-22-16-6-4-5-7-17(16)24(20)14-8-10-15(27-3)11-9-14/h4-11,13H,12H2,1-3H3,(H2,21,23,25,26). The summed E-state index contributed by atoms with van der Waals surface area (Å²) in [6.45, 7) is 3.66. The Morgan fingerprint density at radius 1 is 1.14 bits per heavy atom. The van der Waals surface area contributed by atoms with Gasteiger partial charge in [0.05, 0.1) is 23.9 Å². The first-order valence-corrected chi connectivity index (χ1v) is 9.81. The van der Waals surface area contributed by atoms with Gasteiger partial charge in [-0.3, -0.25) is 14.7 Å². The molecule has 0 aliphatic carbocycles. The van der Waals surface area contributed by atoms with Crippen molar-refractivity contribution in [3.8, 4) is 11.4 Å². The summed E-state index contributed by atoms with van der Waals surface area (Å²) in [5.74, 6) is 0.458. The number of methoxy groups -OCH3 is 1. The Kier molecular flexibility index (Phi) is 6.20. The molecular weight excluding hydrogens is 376 g/mol. The summed E-state index contributed by atoms with van der Waals surface area (Å²) in [6.07, 6.45) is 0. The lowest BCUT2D eigenvalue weighted by atomic mass is 10.2. The number of para-hydroxylation sites is 2. The molecule has 3 amide bonds. The largest absolute Gasteiger partial charge is 0.497 e. The highest BCUT2D eigenvalue weighted by molar-refractivity contribution is 7.99. The molecule has 0 radical (unpaired) electrons. The second-order valence-corrected chi connectivity index (χ2v) is 7.32. The Morgan fingerprint density at radius 2 is 1.86 bits per heavy atom. The molecule has 146 valence electrons. The maximum absolute atomic E-state index is 12.1. The topological polar surface area (TPSA) is 85.2 Å². The van der Waals surface area contributed by atoms with Gasteiger partial charge in [0.25, 0.3) is 0 Å². The lowest BCUT2D eigenvalue weighted by molar-refractivity contribution is -0.117. The van der Waals surface area contributed by atoms with Gasteiger partial charge in [-0.2, -0.15) is 0 Å². The van der Waals surface area contributed by atoms with Crippen LogP contribution in [0.25, 0.3) is 16.7 Å². The van der Waals surface area contributed by atoms with Gasteiger partial charge in [0.15, 0.2) is 5.16 Å². The number of hydrogen-bond donors (Lipinski definition) is 2. The number of hydrogen-bond acceptors (Lipinski definition) is 5. The van der Waals surface area contributed by atoms with E-state index in [9.17, 15) is 9.59 Å². The molecule has 0 aliphatic heterocycles. The number of rotatable bonds is 6. The van der Waals surface area contributed by atoms with E-state index in [0.29, 0.717) is 5.16 Å². The van der Waals surface area contributed by atoms with Crippen molar-refractivity contribution in [3.05, 3.63) is 48.5 Å². The van der Waals surface area contributed by atoms with Crippen LogP contribution in [0.3, 0.4) is 0 Å². The highest BCUT2D eigenvalue weighted by Gasteiger charge is 2.15. The van der Waals surface area contributed by atoms with Crippen LogP contribution in [0.4, 0.5) is 4.79 Å². The first-order chi connectivity index (χ1) is 13.5. The van der Waals surface area contributed by atoms with E-state index in [2.05, 4.69) is 15.6 Å². The summed E-state index contributed by atoms with van der Waals surface area (Å²) < 4.78 is 7.21. The number of carbonyl (C=O) groups excluding carboxylic acids is 2. The van der Waals surface area contributed by atoms with Gasteiger partial charge in [0.2, 0.25) is 5.91 Å². The summed E-state index contributed by atoms with van der Waals surface area (Å²) in [7, 11) is 1.62. The second-order valence-electron chi connectivity index (χ2n) is 6.38. The number of amides is 3. The SMILES string of the molecule is COc1ccc(-n2c(SCC(=O)NC(=O)NC(C)C)nc3ccccc32)cc1. The highest BCUT2D eigenvalue weighted by Crippen LogP contribution is 2.28.